The van der Waals surface area contributed by atoms with Crippen LogP contribution in [-0.4, -0.2) is 45.8 Å². The molecule has 0 aliphatic carbocycles. The molecule has 0 spiro atoms. The Labute approximate surface area is 124 Å². The number of nitrogens with zero attached hydrogens (tertiary/aromatic N) is 5. The van der Waals surface area contributed by atoms with Crippen molar-refractivity contribution in [3.8, 4) is 0 Å². The SMILES string of the molecule is Fc1cc2nc(N3CCNCC3)c3ncnn3c2cc1Cl. The number of hydrogen-bond donors (Lipinski definition) is 1. The van der Waals surface area contributed by atoms with Crippen molar-refractivity contribution in [1.29, 1.82) is 0 Å². The number of piperazine rings is 1. The van der Waals surface area contributed by atoms with Crippen molar-refractivity contribution < 1.29 is 4.39 Å². The van der Waals surface area contributed by atoms with E-state index in [2.05, 4.69) is 25.3 Å². The number of benzene rings is 1. The van der Waals surface area contributed by atoms with Gasteiger partial charge >= 0.3 is 0 Å². The molecule has 0 saturated carbocycles. The molecule has 0 atom stereocenters. The minimum Gasteiger partial charge on any atom is -0.351 e. The zero-order valence-electron chi connectivity index (χ0n) is 11.1. The monoisotopic (exact) mass is 306 g/mol. The van der Waals surface area contributed by atoms with Gasteiger partial charge in [0.2, 0.25) is 0 Å². The topological polar surface area (TPSA) is 58.4 Å². The molecule has 1 saturated heterocycles. The molecule has 1 aliphatic rings. The molecule has 1 aromatic carbocycles. The van der Waals surface area contributed by atoms with E-state index in [-0.39, 0.29) is 5.02 Å². The number of fused-ring (bicyclic) bond motifs is 3. The molecule has 1 aliphatic heterocycles. The maximum Gasteiger partial charge on any atom is 0.199 e. The molecule has 1 fully saturated rings. The van der Waals surface area contributed by atoms with E-state index in [9.17, 15) is 4.39 Å². The summed E-state index contributed by atoms with van der Waals surface area (Å²) in [5, 5.41) is 7.56. The molecule has 0 bridgehead atoms. The van der Waals surface area contributed by atoms with Crippen LogP contribution in [0.25, 0.3) is 16.7 Å². The van der Waals surface area contributed by atoms with Gasteiger partial charge < -0.3 is 10.2 Å². The first-order chi connectivity index (χ1) is 10.2. The van der Waals surface area contributed by atoms with Crippen LogP contribution in [0.5, 0.6) is 0 Å². The molecule has 0 unspecified atom stereocenters. The lowest BCUT2D eigenvalue weighted by molar-refractivity contribution is 0.585. The van der Waals surface area contributed by atoms with Crippen LogP contribution in [0, 0.1) is 5.82 Å². The standard InChI is InChI=1S/C13H12ClFN6/c14-8-5-11-10(6-9(8)15)19-13(12-17-7-18-21(11)12)20-3-1-16-2-4-20/h5-7,16H,1-4H2. The minimum atomic E-state index is -0.484. The first-order valence-corrected chi connectivity index (χ1v) is 7.06. The van der Waals surface area contributed by atoms with Crippen LogP contribution in [-0.2, 0) is 0 Å². The molecule has 3 aromatic rings. The summed E-state index contributed by atoms with van der Waals surface area (Å²) < 4.78 is 15.4. The fourth-order valence-corrected chi connectivity index (χ4v) is 2.77. The number of nitrogens with one attached hydrogen (secondary N) is 1. The number of aromatic nitrogens is 4. The summed E-state index contributed by atoms with van der Waals surface area (Å²) in [4.78, 5) is 11.0. The van der Waals surface area contributed by atoms with Gasteiger partial charge in [-0.2, -0.15) is 5.10 Å². The molecule has 0 radical (unpaired) electrons. The van der Waals surface area contributed by atoms with Crippen molar-refractivity contribution in [1.82, 2.24) is 24.9 Å². The van der Waals surface area contributed by atoms with E-state index in [1.165, 1.54) is 18.5 Å². The third-order valence-electron chi connectivity index (χ3n) is 3.64. The van der Waals surface area contributed by atoms with Gasteiger partial charge in [0, 0.05) is 32.2 Å². The Balaban J connectivity index is 2.00. The Bertz CT molecular complexity index is 826. The van der Waals surface area contributed by atoms with Crippen LogP contribution in [0.15, 0.2) is 18.5 Å². The molecule has 0 amide bonds. The van der Waals surface area contributed by atoms with E-state index in [0.717, 1.165) is 32.0 Å². The summed E-state index contributed by atoms with van der Waals surface area (Å²) in [5.74, 6) is 0.241. The Kier molecular flexibility index (Phi) is 2.90. The fraction of sp³-hybridized carbons (Fsp3) is 0.308. The van der Waals surface area contributed by atoms with Crippen LogP contribution >= 0.6 is 11.6 Å². The van der Waals surface area contributed by atoms with Crippen LogP contribution in [0.1, 0.15) is 0 Å². The molecule has 8 heteroatoms. The maximum absolute atomic E-state index is 13.7. The van der Waals surface area contributed by atoms with Gasteiger partial charge in [0.25, 0.3) is 0 Å². The van der Waals surface area contributed by atoms with Crippen molar-refractivity contribution in [3.05, 3.63) is 29.3 Å². The van der Waals surface area contributed by atoms with Gasteiger partial charge in [0.15, 0.2) is 11.5 Å². The molecule has 3 heterocycles. The number of rotatable bonds is 1. The minimum absolute atomic E-state index is 0.0519. The fourth-order valence-electron chi connectivity index (χ4n) is 2.61. The molecule has 21 heavy (non-hydrogen) atoms. The van der Waals surface area contributed by atoms with E-state index in [0.29, 0.717) is 16.7 Å². The second-order valence-corrected chi connectivity index (χ2v) is 5.33. The molecular weight excluding hydrogens is 295 g/mol. The Morgan fingerprint density at radius 2 is 2.05 bits per heavy atom. The van der Waals surface area contributed by atoms with Gasteiger partial charge in [0.1, 0.15) is 12.1 Å². The lowest BCUT2D eigenvalue weighted by Crippen LogP contribution is -2.44. The van der Waals surface area contributed by atoms with Gasteiger partial charge in [-0.25, -0.2) is 18.9 Å². The van der Waals surface area contributed by atoms with Crippen molar-refractivity contribution in [3.63, 3.8) is 0 Å². The molecule has 108 valence electrons. The van der Waals surface area contributed by atoms with Gasteiger partial charge in [-0.15, -0.1) is 0 Å². The highest BCUT2D eigenvalue weighted by atomic mass is 35.5. The Morgan fingerprint density at radius 3 is 2.86 bits per heavy atom. The number of halogens is 2. The largest absolute Gasteiger partial charge is 0.351 e. The number of hydrogen-bond acceptors (Lipinski definition) is 5. The van der Waals surface area contributed by atoms with Crippen molar-refractivity contribution in [2.75, 3.05) is 31.1 Å². The predicted molar refractivity (Wildman–Crippen MR) is 78.3 cm³/mol. The lowest BCUT2D eigenvalue weighted by atomic mass is 10.2. The normalized spacial score (nSPS) is 16.0. The summed E-state index contributed by atoms with van der Waals surface area (Å²) >= 11 is 5.86. The highest BCUT2D eigenvalue weighted by Gasteiger charge is 2.19. The number of anilines is 1. The molecule has 6 nitrogen and oxygen atoms in total. The zero-order valence-corrected chi connectivity index (χ0v) is 11.8. The van der Waals surface area contributed by atoms with Gasteiger partial charge in [-0.1, -0.05) is 11.6 Å². The van der Waals surface area contributed by atoms with Crippen molar-refractivity contribution in [2.24, 2.45) is 0 Å². The predicted octanol–water partition coefficient (Wildman–Crippen LogP) is 1.48. The third kappa shape index (κ3) is 2.00. The average molecular weight is 307 g/mol. The first-order valence-electron chi connectivity index (χ1n) is 6.68. The summed E-state index contributed by atoms with van der Waals surface area (Å²) in [6.07, 6.45) is 1.47. The summed E-state index contributed by atoms with van der Waals surface area (Å²) in [5.41, 5.74) is 1.82. The van der Waals surface area contributed by atoms with Crippen LogP contribution < -0.4 is 10.2 Å². The second kappa shape index (κ2) is 4.78. The van der Waals surface area contributed by atoms with E-state index < -0.39 is 5.82 Å². The van der Waals surface area contributed by atoms with Gasteiger partial charge in [-0.05, 0) is 6.07 Å². The highest BCUT2D eigenvalue weighted by Crippen LogP contribution is 2.26. The Morgan fingerprint density at radius 1 is 1.24 bits per heavy atom. The summed E-state index contributed by atoms with van der Waals surface area (Å²) in [6.45, 7) is 3.43. The van der Waals surface area contributed by atoms with E-state index in [4.69, 9.17) is 11.6 Å². The van der Waals surface area contributed by atoms with Crippen LogP contribution in [0.3, 0.4) is 0 Å². The van der Waals surface area contributed by atoms with Gasteiger partial charge in [0.05, 0.1) is 16.1 Å². The maximum atomic E-state index is 13.7. The van der Waals surface area contributed by atoms with Gasteiger partial charge in [-0.3, -0.25) is 0 Å². The molecule has 2 aromatic heterocycles. The molecular formula is C13H12ClFN6. The second-order valence-electron chi connectivity index (χ2n) is 4.92. The highest BCUT2D eigenvalue weighted by molar-refractivity contribution is 6.31. The van der Waals surface area contributed by atoms with E-state index >= 15 is 0 Å². The molecule has 1 N–H and O–H groups in total. The zero-order chi connectivity index (χ0) is 14.4. The van der Waals surface area contributed by atoms with E-state index in [1.54, 1.807) is 4.52 Å². The quantitative estimate of drug-likeness (QED) is 0.738. The van der Waals surface area contributed by atoms with E-state index in [1.807, 2.05) is 0 Å². The smallest absolute Gasteiger partial charge is 0.199 e. The Hall–Kier alpha value is -1.99. The summed E-state index contributed by atoms with van der Waals surface area (Å²) in [7, 11) is 0. The third-order valence-corrected chi connectivity index (χ3v) is 3.93. The van der Waals surface area contributed by atoms with Crippen molar-refractivity contribution in [2.45, 2.75) is 0 Å². The average Bonchev–Trinajstić information content (AvgIpc) is 2.99. The van der Waals surface area contributed by atoms with Crippen molar-refractivity contribution >= 4 is 34.1 Å². The van der Waals surface area contributed by atoms with Crippen LogP contribution in [0.4, 0.5) is 10.2 Å². The first kappa shape index (κ1) is 12.7. The molecule has 4 rings (SSSR count). The summed E-state index contributed by atoms with van der Waals surface area (Å²) in [6, 6.07) is 2.87. The van der Waals surface area contributed by atoms with Crippen LogP contribution in [0.2, 0.25) is 5.02 Å². The lowest BCUT2D eigenvalue weighted by Gasteiger charge is -2.28.